The zero-order valence-corrected chi connectivity index (χ0v) is 26.4. The normalized spacial score (nSPS) is 22.7. The number of anilines is 2. The Hall–Kier alpha value is -3.14. The predicted molar refractivity (Wildman–Crippen MR) is 164 cm³/mol. The Bertz CT molecular complexity index is 1660. The molecule has 0 spiro atoms. The van der Waals surface area contributed by atoms with E-state index in [2.05, 4.69) is 36.1 Å². The SMILES string of the molecule is CC1(C)O[C@@H]2[C@H](O1)[C@@H](COP(=O)(Nc1ccccc1)Nc1ccccc1)O[C@H]2n1c(Br)nc2c(=O)n(COCCO)cnc21. The van der Waals surface area contributed by atoms with Gasteiger partial charge in [-0.25, -0.2) is 14.5 Å². The molecule has 2 aromatic heterocycles. The average molecular weight is 691 g/mol. The van der Waals surface area contributed by atoms with E-state index in [1.807, 2.05) is 36.4 Å². The monoisotopic (exact) mass is 690 g/mol. The molecule has 2 aliphatic heterocycles. The second kappa shape index (κ2) is 12.7. The lowest BCUT2D eigenvalue weighted by Crippen LogP contribution is -2.33. The fourth-order valence-corrected chi connectivity index (χ4v) is 7.23. The minimum atomic E-state index is -3.73. The molecule has 2 aliphatic rings. The Labute approximate surface area is 260 Å². The molecule has 6 rings (SSSR count). The van der Waals surface area contributed by atoms with Gasteiger partial charge in [0.1, 0.15) is 31.4 Å². The summed E-state index contributed by atoms with van der Waals surface area (Å²) in [7, 11) is -3.73. The van der Waals surface area contributed by atoms with Crippen LogP contribution in [0.4, 0.5) is 11.4 Å². The summed E-state index contributed by atoms with van der Waals surface area (Å²) >= 11 is 3.46. The van der Waals surface area contributed by atoms with Crippen LogP contribution in [0.2, 0.25) is 0 Å². The largest absolute Gasteiger partial charge is 0.394 e. The smallest absolute Gasteiger partial charge is 0.391 e. The van der Waals surface area contributed by atoms with Gasteiger partial charge in [-0.3, -0.25) is 28.6 Å². The van der Waals surface area contributed by atoms with E-state index >= 15 is 0 Å². The number of fused-ring (bicyclic) bond motifs is 2. The predicted octanol–water partition coefficient (Wildman–Crippen LogP) is 4.09. The molecule has 4 atom stereocenters. The number of aliphatic hydroxyl groups is 1. The van der Waals surface area contributed by atoms with Gasteiger partial charge in [-0.15, -0.1) is 0 Å². The third-order valence-corrected chi connectivity index (χ3v) is 9.17. The van der Waals surface area contributed by atoms with Crippen LogP contribution < -0.4 is 15.7 Å². The first-order valence-electron chi connectivity index (χ1n) is 13.9. The molecule has 0 saturated carbocycles. The van der Waals surface area contributed by atoms with Crippen molar-refractivity contribution in [2.45, 2.75) is 50.9 Å². The number of nitrogens with zero attached hydrogens (tertiary/aromatic N) is 4. The van der Waals surface area contributed by atoms with Crippen LogP contribution in [0.15, 0.2) is 76.5 Å². The number of ether oxygens (including phenoxy) is 4. The Balaban J connectivity index is 1.27. The summed E-state index contributed by atoms with van der Waals surface area (Å²) in [6.07, 6.45) is -1.42. The second-order valence-electron chi connectivity index (χ2n) is 10.6. The Morgan fingerprint density at radius 1 is 1.05 bits per heavy atom. The number of aromatic nitrogens is 4. The zero-order chi connectivity index (χ0) is 30.9. The zero-order valence-electron chi connectivity index (χ0n) is 23.9. The van der Waals surface area contributed by atoms with Gasteiger partial charge in [-0.05, 0) is 54.0 Å². The summed E-state index contributed by atoms with van der Waals surface area (Å²) in [4.78, 5) is 22.0. The molecular formula is C28H32BrN6O8P. The molecule has 0 unspecified atom stereocenters. The van der Waals surface area contributed by atoms with Crippen LogP contribution in [0.25, 0.3) is 11.2 Å². The van der Waals surface area contributed by atoms with E-state index in [0.29, 0.717) is 16.1 Å². The molecular weight excluding hydrogens is 659 g/mol. The molecule has 234 valence electrons. The lowest BCUT2D eigenvalue weighted by atomic mass is 10.1. The second-order valence-corrected chi connectivity index (χ2v) is 13.2. The number of halogens is 1. The molecule has 2 saturated heterocycles. The maximum Gasteiger partial charge on any atom is 0.391 e. The van der Waals surface area contributed by atoms with Crippen molar-refractivity contribution >= 4 is 46.1 Å². The van der Waals surface area contributed by atoms with Gasteiger partial charge >= 0.3 is 7.67 Å². The first kappa shape index (κ1) is 30.9. The van der Waals surface area contributed by atoms with E-state index in [9.17, 15) is 9.36 Å². The number of nitrogens with one attached hydrogen (secondary N) is 2. The van der Waals surface area contributed by atoms with Gasteiger partial charge in [0.2, 0.25) is 0 Å². The first-order chi connectivity index (χ1) is 21.2. The number of rotatable bonds is 12. The van der Waals surface area contributed by atoms with E-state index in [4.69, 9.17) is 28.6 Å². The van der Waals surface area contributed by atoms with Crippen LogP contribution in [0.1, 0.15) is 20.1 Å². The van der Waals surface area contributed by atoms with E-state index in [-0.39, 0.29) is 37.7 Å². The third kappa shape index (κ3) is 6.46. The van der Waals surface area contributed by atoms with Crippen molar-refractivity contribution in [3.8, 4) is 0 Å². The van der Waals surface area contributed by atoms with Crippen molar-refractivity contribution in [2.75, 3.05) is 30.0 Å². The van der Waals surface area contributed by atoms with Crippen molar-refractivity contribution in [3.63, 3.8) is 0 Å². The fraction of sp³-hybridized carbons (Fsp3) is 0.393. The van der Waals surface area contributed by atoms with E-state index in [1.165, 1.54) is 10.9 Å². The van der Waals surface area contributed by atoms with Gasteiger partial charge in [0.05, 0.1) is 19.8 Å². The van der Waals surface area contributed by atoms with Gasteiger partial charge < -0.3 is 24.1 Å². The number of para-hydroxylation sites is 2. The van der Waals surface area contributed by atoms with Crippen LogP contribution in [-0.2, 0) is 34.8 Å². The van der Waals surface area contributed by atoms with Gasteiger partial charge in [-0.1, -0.05) is 36.4 Å². The topological polar surface area (TPSA) is 160 Å². The molecule has 0 aliphatic carbocycles. The van der Waals surface area contributed by atoms with Gasteiger partial charge in [-0.2, -0.15) is 0 Å². The third-order valence-electron chi connectivity index (χ3n) is 6.99. The standard InChI is InChI=1S/C28H32BrN6O8P/c1-28(2)42-22-20(15-40-44(38,32-18-9-5-3-6-10-18)33-19-11-7-4-8-12-19)41-26(23(22)43-28)35-24-21(31-27(35)29)25(37)34(16-30-24)17-39-14-13-36/h3-12,16,20,22-23,26,36H,13-15,17H2,1-2H3,(H2,32,33,38)/t20-,22-,23-,26-/m1/s1. The fourth-order valence-electron chi connectivity index (χ4n) is 5.16. The molecule has 0 radical (unpaired) electrons. The number of benzene rings is 2. The van der Waals surface area contributed by atoms with Crippen LogP contribution in [0.3, 0.4) is 0 Å². The lowest BCUT2D eigenvalue weighted by molar-refractivity contribution is -0.199. The molecule has 4 heterocycles. The number of hydrogen-bond acceptors (Lipinski definition) is 10. The number of imidazole rings is 1. The molecule has 3 N–H and O–H groups in total. The molecule has 4 aromatic rings. The maximum absolute atomic E-state index is 14.2. The summed E-state index contributed by atoms with van der Waals surface area (Å²) in [6, 6.07) is 18.2. The van der Waals surface area contributed by atoms with Crippen molar-refractivity contribution in [2.24, 2.45) is 0 Å². The first-order valence-corrected chi connectivity index (χ1v) is 16.3. The van der Waals surface area contributed by atoms with Crippen LogP contribution in [0.5, 0.6) is 0 Å². The van der Waals surface area contributed by atoms with Crippen molar-refractivity contribution in [1.82, 2.24) is 19.1 Å². The maximum atomic E-state index is 14.2. The molecule has 14 nitrogen and oxygen atoms in total. The Kier molecular flexibility index (Phi) is 8.91. The van der Waals surface area contributed by atoms with Crippen molar-refractivity contribution in [3.05, 3.63) is 82.1 Å². The minimum absolute atomic E-state index is 0.0762. The van der Waals surface area contributed by atoms with E-state index < -0.39 is 43.6 Å². The summed E-state index contributed by atoms with van der Waals surface area (Å²) in [5.74, 6) is -0.947. The molecule has 2 aromatic carbocycles. The summed E-state index contributed by atoms with van der Waals surface area (Å²) in [5.41, 5.74) is 1.15. The number of aliphatic hydroxyl groups excluding tert-OH is 1. The van der Waals surface area contributed by atoms with Crippen LogP contribution in [-0.4, -0.2) is 68.1 Å². The highest BCUT2D eigenvalue weighted by molar-refractivity contribution is 9.10. The Morgan fingerprint density at radius 2 is 1.68 bits per heavy atom. The van der Waals surface area contributed by atoms with E-state index in [1.54, 1.807) is 42.7 Å². The average Bonchev–Trinajstić information content (AvgIpc) is 3.61. The number of hydrogen-bond donors (Lipinski definition) is 3. The summed E-state index contributed by atoms with van der Waals surface area (Å²) in [6.45, 7) is 3.28. The van der Waals surface area contributed by atoms with Crippen molar-refractivity contribution < 1.29 is 33.1 Å². The quantitative estimate of drug-likeness (QED) is 0.111. The lowest BCUT2D eigenvalue weighted by Gasteiger charge is -2.27. The summed E-state index contributed by atoms with van der Waals surface area (Å²) < 4.78 is 47.7. The molecule has 0 amide bonds. The highest BCUT2D eigenvalue weighted by Crippen LogP contribution is 2.49. The Morgan fingerprint density at radius 3 is 2.32 bits per heavy atom. The van der Waals surface area contributed by atoms with Gasteiger partial charge in [0.15, 0.2) is 27.9 Å². The highest BCUT2D eigenvalue weighted by atomic mass is 79.9. The molecule has 2 fully saturated rings. The van der Waals surface area contributed by atoms with Crippen LogP contribution >= 0.6 is 23.6 Å². The van der Waals surface area contributed by atoms with Gasteiger partial charge in [0, 0.05) is 11.4 Å². The molecule has 16 heteroatoms. The van der Waals surface area contributed by atoms with Crippen molar-refractivity contribution in [1.29, 1.82) is 0 Å². The van der Waals surface area contributed by atoms with Crippen LogP contribution in [0, 0.1) is 0 Å². The minimum Gasteiger partial charge on any atom is -0.394 e. The summed E-state index contributed by atoms with van der Waals surface area (Å²) in [5, 5.41) is 15.0. The van der Waals surface area contributed by atoms with E-state index in [0.717, 1.165) is 0 Å². The highest BCUT2D eigenvalue weighted by Gasteiger charge is 2.57. The molecule has 0 bridgehead atoms. The molecule has 44 heavy (non-hydrogen) atoms. The van der Waals surface area contributed by atoms with Gasteiger partial charge in [0.25, 0.3) is 5.56 Å².